The van der Waals surface area contributed by atoms with Crippen molar-refractivity contribution >= 4 is 29.1 Å². The van der Waals surface area contributed by atoms with E-state index in [1.54, 1.807) is 18.2 Å². The Balaban J connectivity index is 1.48. The van der Waals surface area contributed by atoms with Gasteiger partial charge in [0.1, 0.15) is 6.54 Å². The maximum Gasteiger partial charge on any atom is 0.263 e. The van der Waals surface area contributed by atoms with Crippen LogP contribution >= 0.6 is 0 Å². The van der Waals surface area contributed by atoms with Gasteiger partial charge >= 0.3 is 0 Å². The summed E-state index contributed by atoms with van der Waals surface area (Å²) in [6.45, 7) is 1.84. The number of fused-ring (bicyclic) bond motifs is 1. The molecule has 1 saturated heterocycles. The third-order valence-electron chi connectivity index (χ3n) is 5.43. The number of carbonyl (C=O) groups excluding carboxylic acids is 3. The molecule has 1 fully saturated rings. The minimum atomic E-state index is -0.993. The van der Waals surface area contributed by atoms with Crippen LogP contribution in [0.25, 0.3) is 0 Å². The van der Waals surface area contributed by atoms with E-state index in [9.17, 15) is 14.4 Å². The molecule has 3 amide bonds. The fourth-order valence-electron chi connectivity index (χ4n) is 3.74. The van der Waals surface area contributed by atoms with E-state index < -0.39 is 23.9 Å². The highest BCUT2D eigenvalue weighted by Gasteiger charge is 2.55. The van der Waals surface area contributed by atoms with E-state index in [1.165, 1.54) is 19.2 Å². The lowest BCUT2D eigenvalue weighted by Crippen LogP contribution is -2.43. The number of nitrogens with one attached hydrogen (secondary N) is 1. The van der Waals surface area contributed by atoms with Crippen molar-refractivity contribution in [2.24, 2.45) is 10.3 Å². The summed E-state index contributed by atoms with van der Waals surface area (Å²) in [6, 6.07) is 10.3. The first-order chi connectivity index (χ1) is 15.5. The van der Waals surface area contributed by atoms with E-state index in [0.717, 1.165) is 16.9 Å². The summed E-state index contributed by atoms with van der Waals surface area (Å²) in [5.74, 6) is -0.514. The van der Waals surface area contributed by atoms with Crippen LogP contribution in [0.4, 0.5) is 11.4 Å². The molecule has 0 spiro atoms. The molecule has 0 saturated carbocycles. The summed E-state index contributed by atoms with van der Waals surface area (Å²) in [4.78, 5) is 39.6. The van der Waals surface area contributed by atoms with Gasteiger partial charge < -0.3 is 14.8 Å². The quantitative estimate of drug-likeness (QED) is 0.665. The third kappa shape index (κ3) is 3.75. The second kappa shape index (κ2) is 8.66. The summed E-state index contributed by atoms with van der Waals surface area (Å²) >= 11 is 0. The second-order valence-electron chi connectivity index (χ2n) is 7.34. The predicted molar refractivity (Wildman–Crippen MR) is 116 cm³/mol. The van der Waals surface area contributed by atoms with Gasteiger partial charge in [-0.3, -0.25) is 19.4 Å². The molecule has 2 aliphatic heterocycles. The topological polar surface area (TPSA) is 113 Å². The lowest BCUT2D eigenvalue weighted by molar-refractivity contribution is -0.123. The summed E-state index contributed by atoms with van der Waals surface area (Å²) in [6.07, 6.45) is 0.901. The van der Waals surface area contributed by atoms with Gasteiger partial charge in [-0.25, -0.2) is 4.90 Å². The number of ether oxygens (including phenoxy) is 2. The molecule has 2 aromatic rings. The van der Waals surface area contributed by atoms with Crippen molar-refractivity contribution in [3.63, 3.8) is 0 Å². The monoisotopic (exact) mass is 437 g/mol. The van der Waals surface area contributed by atoms with Gasteiger partial charge in [0.05, 0.1) is 19.9 Å². The SMILES string of the molecule is CCc1ccc(NC(=O)CN2N=N[C@@H]3C(=O)N(c4ccc(OC)c(OC)c4)C(=O)[C@@H]32)cc1. The third-order valence-corrected chi connectivity index (χ3v) is 5.43. The number of nitrogens with zero attached hydrogens (tertiary/aromatic N) is 4. The fraction of sp³-hybridized carbons (Fsp3) is 0.318. The number of anilines is 2. The number of hydrogen-bond donors (Lipinski definition) is 1. The summed E-state index contributed by atoms with van der Waals surface area (Å²) in [5.41, 5.74) is 2.13. The van der Waals surface area contributed by atoms with Gasteiger partial charge in [0, 0.05) is 11.8 Å². The average molecular weight is 437 g/mol. The van der Waals surface area contributed by atoms with Gasteiger partial charge in [0.25, 0.3) is 11.8 Å². The first kappa shape index (κ1) is 21.3. The Morgan fingerprint density at radius 3 is 2.41 bits per heavy atom. The highest BCUT2D eigenvalue weighted by molar-refractivity contribution is 6.25. The van der Waals surface area contributed by atoms with Crippen LogP contribution in [0, 0.1) is 0 Å². The lowest BCUT2D eigenvalue weighted by Gasteiger charge is -2.20. The molecule has 166 valence electrons. The van der Waals surface area contributed by atoms with Crippen molar-refractivity contribution in [3.05, 3.63) is 48.0 Å². The van der Waals surface area contributed by atoms with Gasteiger partial charge in [0.2, 0.25) is 5.91 Å². The van der Waals surface area contributed by atoms with Gasteiger partial charge in [-0.1, -0.05) is 24.3 Å². The summed E-state index contributed by atoms with van der Waals surface area (Å²) < 4.78 is 10.5. The maximum atomic E-state index is 13.1. The second-order valence-corrected chi connectivity index (χ2v) is 7.34. The fourth-order valence-corrected chi connectivity index (χ4v) is 3.74. The molecule has 1 N–H and O–H groups in total. The van der Waals surface area contributed by atoms with E-state index in [0.29, 0.717) is 22.9 Å². The van der Waals surface area contributed by atoms with Crippen LogP contribution < -0.4 is 19.7 Å². The van der Waals surface area contributed by atoms with Crippen LogP contribution in [0.15, 0.2) is 52.8 Å². The number of carbonyl (C=O) groups is 3. The van der Waals surface area contributed by atoms with Crippen LogP contribution in [0.2, 0.25) is 0 Å². The number of imide groups is 1. The molecular weight excluding hydrogens is 414 g/mol. The van der Waals surface area contributed by atoms with E-state index >= 15 is 0 Å². The molecule has 2 aromatic carbocycles. The molecule has 2 aliphatic rings. The summed E-state index contributed by atoms with van der Waals surface area (Å²) in [5, 5.41) is 11.9. The molecule has 0 aliphatic carbocycles. The van der Waals surface area contributed by atoms with Crippen molar-refractivity contribution in [3.8, 4) is 11.5 Å². The first-order valence-electron chi connectivity index (χ1n) is 10.1. The van der Waals surface area contributed by atoms with E-state index in [1.807, 2.05) is 31.2 Å². The minimum Gasteiger partial charge on any atom is -0.493 e. The normalized spacial score (nSPS) is 19.3. The maximum absolute atomic E-state index is 13.1. The molecular formula is C22H23N5O5. The molecule has 0 bridgehead atoms. The molecule has 0 unspecified atom stereocenters. The van der Waals surface area contributed by atoms with Crippen LogP contribution in [0.5, 0.6) is 11.5 Å². The first-order valence-corrected chi connectivity index (χ1v) is 10.1. The molecule has 0 aromatic heterocycles. The summed E-state index contributed by atoms with van der Waals surface area (Å²) in [7, 11) is 2.96. The van der Waals surface area contributed by atoms with Gasteiger partial charge in [0.15, 0.2) is 23.6 Å². The molecule has 2 atom stereocenters. The van der Waals surface area contributed by atoms with Crippen molar-refractivity contribution in [1.29, 1.82) is 0 Å². The molecule has 2 heterocycles. The smallest absolute Gasteiger partial charge is 0.263 e. The Kier molecular flexibility index (Phi) is 5.76. The zero-order valence-corrected chi connectivity index (χ0v) is 17.9. The largest absolute Gasteiger partial charge is 0.493 e. The molecule has 10 nitrogen and oxygen atoms in total. The number of aryl methyl sites for hydroxylation is 1. The van der Waals surface area contributed by atoms with Crippen molar-refractivity contribution in [2.75, 3.05) is 31.0 Å². The van der Waals surface area contributed by atoms with Gasteiger partial charge in [-0.15, -0.1) is 0 Å². The van der Waals surface area contributed by atoms with E-state index in [2.05, 4.69) is 15.7 Å². The molecule has 0 radical (unpaired) electrons. The van der Waals surface area contributed by atoms with Crippen LogP contribution in [0.1, 0.15) is 12.5 Å². The number of benzene rings is 2. The molecule has 10 heteroatoms. The zero-order valence-electron chi connectivity index (χ0n) is 17.9. The Labute approximate surface area is 184 Å². The lowest BCUT2D eigenvalue weighted by atomic mass is 10.1. The standard InChI is InChI=1S/C22H23N5O5/c1-4-13-5-7-14(8-6-13)23-18(28)12-26-20-19(24-25-26)21(29)27(22(20)30)15-9-10-16(31-2)17(11-15)32-3/h5-11,19-20H,4,12H2,1-3H3,(H,23,28)/t19-,20+/m0/s1. The Bertz CT molecular complexity index is 1080. The van der Waals surface area contributed by atoms with Crippen LogP contribution in [-0.4, -0.2) is 55.6 Å². The van der Waals surface area contributed by atoms with E-state index in [4.69, 9.17) is 9.47 Å². The zero-order chi connectivity index (χ0) is 22.8. The Morgan fingerprint density at radius 1 is 1.03 bits per heavy atom. The average Bonchev–Trinajstić information content (AvgIpc) is 3.32. The Hall–Kier alpha value is -3.95. The number of methoxy groups -OCH3 is 2. The van der Waals surface area contributed by atoms with Gasteiger partial charge in [-0.05, 0) is 36.2 Å². The Morgan fingerprint density at radius 2 is 1.75 bits per heavy atom. The molecule has 32 heavy (non-hydrogen) atoms. The predicted octanol–water partition coefficient (Wildman–Crippen LogP) is 2.20. The van der Waals surface area contributed by atoms with Crippen molar-refractivity contribution < 1.29 is 23.9 Å². The van der Waals surface area contributed by atoms with Crippen molar-refractivity contribution in [1.82, 2.24) is 5.01 Å². The minimum absolute atomic E-state index is 0.209. The number of rotatable bonds is 7. The number of amides is 3. The highest BCUT2D eigenvalue weighted by atomic mass is 16.5. The number of hydrogen-bond acceptors (Lipinski definition) is 8. The van der Waals surface area contributed by atoms with Crippen molar-refractivity contribution in [2.45, 2.75) is 25.4 Å². The van der Waals surface area contributed by atoms with Crippen LogP contribution in [0.3, 0.4) is 0 Å². The van der Waals surface area contributed by atoms with Crippen LogP contribution in [-0.2, 0) is 20.8 Å². The van der Waals surface area contributed by atoms with Gasteiger partial charge in [-0.2, -0.15) is 5.11 Å². The molecule has 4 rings (SSSR count). The highest BCUT2D eigenvalue weighted by Crippen LogP contribution is 2.36. The van der Waals surface area contributed by atoms with E-state index in [-0.39, 0.29) is 12.5 Å².